The molecule has 4 heteroatoms. The molecule has 0 saturated carbocycles. The Kier molecular flexibility index (Phi) is 5.64. The molecule has 1 fully saturated rings. The van der Waals surface area contributed by atoms with Crippen LogP contribution in [-0.2, 0) is 0 Å². The molecule has 1 saturated heterocycles. The van der Waals surface area contributed by atoms with Crippen LogP contribution in [0, 0.1) is 12.8 Å². The van der Waals surface area contributed by atoms with E-state index in [9.17, 15) is 0 Å². The fourth-order valence-corrected chi connectivity index (χ4v) is 3.14. The van der Waals surface area contributed by atoms with Crippen molar-refractivity contribution in [3.8, 4) is 0 Å². The highest BCUT2D eigenvalue weighted by atomic mass is 79.9. The maximum Gasteiger partial charge on any atom is 0.143 e. The van der Waals surface area contributed by atoms with Crippen LogP contribution in [0.15, 0.2) is 16.7 Å². The SMILES string of the molecule is CCCNCC1CCCN(c2nccc(C)c2Br)C1. The lowest BCUT2D eigenvalue weighted by atomic mass is 9.98. The molecule has 2 rings (SSSR count). The van der Waals surface area contributed by atoms with E-state index in [-0.39, 0.29) is 0 Å². The van der Waals surface area contributed by atoms with Gasteiger partial charge in [-0.15, -0.1) is 0 Å². The van der Waals surface area contributed by atoms with Crippen LogP contribution in [0.5, 0.6) is 0 Å². The molecule has 19 heavy (non-hydrogen) atoms. The van der Waals surface area contributed by atoms with Gasteiger partial charge in [-0.1, -0.05) is 6.92 Å². The molecule has 0 spiro atoms. The van der Waals surface area contributed by atoms with Gasteiger partial charge in [-0.25, -0.2) is 4.98 Å². The number of piperidine rings is 1. The quantitative estimate of drug-likeness (QED) is 0.841. The topological polar surface area (TPSA) is 28.2 Å². The van der Waals surface area contributed by atoms with Gasteiger partial charge >= 0.3 is 0 Å². The van der Waals surface area contributed by atoms with Gasteiger partial charge in [0.25, 0.3) is 0 Å². The van der Waals surface area contributed by atoms with Crippen molar-refractivity contribution in [3.05, 3.63) is 22.3 Å². The molecule has 0 aromatic carbocycles. The lowest BCUT2D eigenvalue weighted by Crippen LogP contribution is -2.40. The van der Waals surface area contributed by atoms with E-state index in [4.69, 9.17) is 0 Å². The molecular formula is C15H24BrN3. The van der Waals surface area contributed by atoms with Crippen molar-refractivity contribution in [2.24, 2.45) is 5.92 Å². The van der Waals surface area contributed by atoms with E-state index in [2.05, 4.69) is 51.0 Å². The van der Waals surface area contributed by atoms with E-state index in [0.717, 1.165) is 42.4 Å². The molecule has 1 atom stereocenters. The molecular weight excluding hydrogens is 302 g/mol. The lowest BCUT2D eigenvalue weighted by Gasteiger charge is -2.34. The fraction of sp³-hybridized carbons (Fsp3) is 0.667. The fourth-order valence-electron chi connectivity index (χ4n) is 2.65. The summed E-state index contributed by atoms with van der Waals surface area (Å²) >= 11 is 3.68. The van der Waals surface area contributed by atoms with Crippen molar-refractivity contribution < 1.29 is 0 Å². The van der Waals surface area contributed by atoms with E-state index in [1.807, 2.05) is 6.20 Å². The third-order valence-electron chi connectivity index (χ3n) is 3.74. The van der Waals surface area contributed by atoms with Gasteiger partial charge in [0.15, 0.2) is 0 Å². The second-order valence-electron chi connectivity index (χ2n) is 5.42. The zero-order valence-corrected chi connectivity index (χ0v) is 13.5. The standard InChI is InChI=1S/C15H24BrN3/c1-3-7-17-10-13-5-4-9-19(11-13)15-14(16)12(2)6-8-18-15/h6,8,13,17H,3-5,7,9-11H2,1-2H3. The monoisotopic (exact) mass is 325 g/mol. The number of nitrogens with one attached hydrogen (secondary N) is 1. The third-order valence-corrected chi connectivity index (χ3v) is 4.72. The van der Waals surface area contributed by atoms with Gasteiger partial charge < -0.3 is 10.2 Å². The molecule has 0 radical (unpaired) electrons. The molecule has 1 N–H and O–H groups in total. The van der Waals surface area contributed by atoms with E-state index in [1.54, 1.807) is 0 Å². The Morgan fingerprint density at radius 2 is 2.37 bits per heavy atom. The lowest BCUT2D eigenvalue weighted by molar-refractivity contribution is 0.391. The smallest absolute Gasteiger partial charge is 0.143 e. The van der Waals surface area contributed by atoms with Crippen molar-refractivity contribution in [1.82, 2.24) is 10.3 Å². The summed E-state index contributed by atoms with van der Waals surface area (Å²) in [5, 5.41) is 3.54. The summed E-state index contributed by atoms with van der Waals surface area (Å²) in [6, 6.07) is 2.05. The van der Waals surface area contributed by atoms with Gasteiger partial charge in [0.1, 0.15) is 5.82 Å². The van der Waals surface area contributed by atoms with Gasteiger partial charge in [0.2, 0.25) is 0 Å². The van der Waals surface area contributed by atoms with Crippen molar-refractivity contribution in [2.75, 3.05) is 31.1 Å². The molecule has 0 amide bonds. The highest BCUT2D eigenvalue weighted by Gasteiger charge is 2.22. The highest BCUT2D eigenvalue weighted by molar-refractivity contribution is 9.10. The van der Waals surface area contributed by atoms with Crippen molar-refractivity contribution in [2.45, 2.75) is 33.1 Å². The maximum atomic E-state index is 4.55. The second kappa shape index (κ2) is 7.25. The minimum absolute atomic E-state index is 0.745. The third kappa shape index (κ3) is 3.93. The Morgan fingerprint density at radius 3 is 3.16 bits per heavy atom. The van der Waals surface area contributed by atoms with Crippen LogP contribution in [0.1, 0.15) is 31.7 Å². The number of pyridine rings is 1. The molecule has 0 aliphatic carbocycles. The number of aryl methyl sites for hydroxylation is 1. The molecule has 0 bridgehead atoms. The Balaban J connectivity index is 1.98. The molecule has 3 nitrogen and oxygen atoms in total. The van der Waals surface area contributed by atoms with Crippen molar-refractivity contribution >= 4 is 21.7 Å². The maximum absolute atomic E-state index is 4.55. The predicted octanol–water partition coefficient (Wildman–Crippen LogP) is 3.37. The van der Waals surface area contributed by atoms with Gasteiger partial charge in [-0.05, 0) is 72.8 Å². The van der Waals surface area contributed by atoms with Crippen LogP contribution in [-0.4, -0.2) is 31.2 Å². The first-order valence-electron chi connectivity index (χ1n) is 7.29. The summed E-state index contributed by atoms with van der Waals surface area (Å²) < 4.78 is 1.15. The van der Waals surface area contributed by atoms with Gasteiger partial charge in [0, 0.05) is 19.3 Å². The minimum atomic E-state index is 0.745. The molecule has 106 valence electrons. The molecule has 2 heterocycles. The highest BCUT2D eigenvalue weighted by Crippen LogP contribution is 2.30. The summed E-state index contributed by atoms with van der Waals surface area (Å²) in [6.07, 6.45) is 5.72. The van der Waals surface area contributed by atoms with Crippen LogP contribution in [0.2, 0.25) is 0 Å². The van der Waals surface area contributed by atoms with Gasteiger partial charge in [-0.3, -0.25) is 0 Å². The van der Waals surface area contributed by atoms with Gasteiger partial charge in [-0.2, -0.15) is 0 Å². The van der Waals surface area contributed by atoms with Crippen LogP contribution in [0.4, 0.5) is 5.82 Å². The summed E-state index contributed by atoms with van der Waals surface area (Å²) in [5.41, 5.74) is 1.26. The molecule has 1 aliphatic rings. The number of anilines is 1. The van der Waals surface area contributed by atoms with E-state index >= 15 is 0 Å². The summed E-state index contributed by atoms with van der Waals surface area (Å²) in [4.78, 5) is 6.98. The van der Waals surface area contributed by atoms with Gasteiger partial charge in [0.05, 0.1) is 4.47 Å². The van der Waals surface area contributed by atoms with Crippen molar-refractivity contribution in [1.29, 1.82) is 0 Å². The predicted molar refractivity (Wildman–Crippen MR) is 84.8 cm³/mol. The van der Waals surface area contributed by atoms with E-state index in [0.29, 0.717) is 0 Å². The molecule has 1 unspecified atom stereocenters. The van der Waals surface area contributed by atoms with E-state index in [1.165, 1.54) is 24.8 Å². The first-order valence-corrected chi connectivity index (χ1v) is 8.08. The normalized spacial score (nSPS) is 19.7. The zero-order valence-electron chi connectivity index (χ0n) is 12.0. The Morgan fingerprint density at radius 1 is 1.53 bits per heavy atom. The minimum Gasteiger partial charge on any atom is -0.355 e. The number of nitrogens with zero attached hydrogens (tertiary/aromatic N) is 2. The van der Waals surface area contributed by atoms with E-state index < -0.39 is 0 Å². The Bertz CT molecular complexity index is 408. The number of hydrogen-bond donors (Lipinski definition) is 1. The Labute approximate surface area is 124 Å². The summed E-state index contributed by atoms with van der Waals surface area (Å²) in [7, 11) is 0. The number of aromatic nitrogens is 1. The van der Waals surface area contributed by atoms with Crippen molar-refractivity contribution in [3.63, 3.8) is 0 Å². The average Bonchev–Trinajstić information content (AvgIpc) is 2.43. The second-order valence-corrected chi connectivity index (χ2v) is 6.22. The molecule has 1 aromatic heterocycles. The van der Waals surface area contributed by atoms with Crippen LogP contribution < -0.4 is 10.2 Å². The summed E-state index contributed by atoms with van der Waals surface area (Å²) in [5.74, 6) is 1.86. The first-order chi connectivity index (χ1) is 9.22. The molecule has 1 aliphatic heterocycles. The van der Waals surface area contributed by atoms with Crippen LogP contribution in [0.3, 0.4) is 0 Å². The number of halogens is 1. The largest absolute Gasteiger partial charge is 0.355 e. The van der Waals surface area contributed by atoms with Crippen LogP contribution in [0.25, 0.3) is 0 Å². The first kappa shape index (κ1) is 14.8. The average molecular weight is 326 g/mol. The zero-order chi connectivity index (χ0) is 13.7. The molecule has 1 aromatic rings. The van der Waals surface area contributed by atoms with Crippen LogP contribution >= 0.6 is 15.9 Å². The number of hydrogen-bond acceptors (Lipinski definition) is 3. The Hall–Kier alpha value is -0.610. The number of rotatable bonds is 5. The summed E-state index contributed by atoms with van der Waals surface area (Å²) in [6.45, 7) is 8.84.